The molecule has 0 radical (unpaired) electrons. The Morgan fingerprint density at radius 3 is 2.18 bits per heavy atom. The minimum absolute atomic E-state index is 0.160. The summed E-state index contributed by atoms with van der Waals surface area (Å²) < 4.78 is 12.5. The first-order valence-corrected chi connectivity index (χ1v) is 3.71. The first kappa shape index (κ1) is 6.59. The minimum Gasteiger partial charge on any atom is -0.207 e. The Bertz CT molecular complexity index is 295. The highest BCUT2D eigenvalue weighted by Crippen LogP contribution is 2.38. The highest BCUT2D eigenvalue weighted by atomic mass is 19.1. The maximum absolute atomic E-state index is 12.5. The van der Waals surface area contributed by atoms with Gasteiger partial charge in [-0.3, -0.25) is 0 Å². The summed E-state index contributed by atoms with van der Waals surface area (Å²) >= 11 is 0. The van der Waals surface area contributed by atoms with Gasteiger partial charge in [0, 0.05) is 5.92 Å². The molecule has 1 aromatic rings. The molecule has 0 saturated heterocycles. The Hall–Kier alpha value is -1.11. The first-order chi connectivity index (χ1) is 5.27. The molecule has 1 aliphatic rings. The van der Waals surface area contributed by atoms with Crippen LogP contribution in [0.25, 0.3) is 0 Å². The zero-order valence-corrected chi connectivity index (χ0v) is 6.34. The SMILES string of the molecule is CC1=CC1c1ccc(F)cc1. The van der Waals surface area contributed by atoms with E-state index in [0.29, 0.717) is 5.92 Å². The van der Waals surface area contributed by atoms with Crippen LogP contribution in [0.3, 0.4) is 0 Å². The van der Waals surface area contributed by atoms with E-state index in [4.69, 9.17) is 0 Å². The highest BCUT2D eigenvalue weighted by Gasteiger charge is 2.21. The van der Waals surface area contributed by atoms with Crippen molar-refractivity contribution in [1.82, 2.24) is 0 Å². The lowest BCUT2D eigenvalue weighted by atomic mass is 10.1. The molecule has 0 bridgehead atoms. The lowest BCUT2D eigenvalue weighted by molar-refractivity contribution is 0.627. The van der Waals surface area contributed by atoms with E-state index in [9.17, 15) is 4.39 Å². The van der Waals surface area contributed by atoms with Gasteiger partial charge in [-0.1, -0.05) is 23.8 Å². The van der Waals surface area contributed by atoms with E-state index in [1.54, 1.807) is 0 Å². The van der Waals surface area contributed by atoms with Gasteiger partial charge in [-0.25, -0.2) is 4.39 Å². The standard InChI is InChI=1S/C10H9F/c1-7-6-10(7)8-2-4-9(11)5-3-8/h2-6,10H,1H3. The molecule has 1 atom stereocenters. The van der Waals surface area contributed by atoms with E-state index in [2.05, 4.69) is 13.0 Å². The topological polar surface area (TPSA) is 0 Å². The second-order valence-corrected chi connectivity index (χ2v) is 2.94. The van der Waals surface area contributed by atoms with E-state index in [0.717, 1.165) is 0 Å². The van der Waals surface area contributed by atoms with Crippen molar-refractivity contribution >= 4 is 0 Å². The average molecular weight is 148 g/mol. The quantitative estimate of drug-likeness (QED) is 0.537. The normalized spacial score (nSPS) is 21.3. The molecular weight excluding hydrogens is 139 g/mol. The molecule has 2 rings (SSSR count). The van der Waals surface area contributed by atoms with Crippen LogP contribution in [0.5, 0.6) is 0 Å². The summed E-state index contributed by atoms with van der Waals surface area (Å²) in [6.07, 6.45) is 2.17. The maximum Gasteiger partial charge on any atom is 0.123 e. The second kappa shape index (κ2) is 2.19. The van der Waals surface area contributed by atoms with Crippen molar-refractivity contribution in [2.75, 3.05) is 0 Å². The van der Waals surface area contributed by atoms with Crippen LogP contribution < -0.4 is 0 Å². The smallest absolute Gasteiger partial charge is 0.123 e. The average Bonchev–Trinajstić information content (AvgIpc) is 2.69. The largest absolute Gasteiger partial charge is 0.207 e. The van der Waals surface area contributed by atoms with Crippen LogP contribution in [-0.2, 0) is 0 Å². The van der Waals surface area contributed by atoms with E-state index in [1.807, 2.05) is 12.1 Å². The van der Waals surface area contributed by atoms with Crippen LogP contribution in [0, 0.1) is 5.82 Å². The van der Waals surface area contributed by atoms with Gasteiger partial charge < -0.3 is 0 Å². The number of rotatable bonds is 1. The molecule has 0 N–H and O–H groups in total. The molecule has 56 valence electrons. The Balaban J connectivity index is 2.22. The van der Waals surface area contributed by atoms with Crippen LogP contribution in [-0.4, -0.2) is 0 Å². The van der Waals surface area contributed by atoms with Crippen LogP contribution in [0.1, 0.15) is 18.4 Å². The van der Waals surface area contributed by atoms with Crippen LogP contribution in [0.4, 0.5) is 4.39 Å². The summed E-state index contributed by atoms with van der Waals surface area (Å²) in [5.74, 6) is 0.336. The molecular formula is C10H9F. The zero-order valence-electron chi connectivity index (χ0n) is 6.34. The number of allylic oxidation sites excluding steroid dienone is 2. The molecule has 0 nitrogen and oxygen atoms in total. The monoisotopic (exact) mass is 148 g/mol. The van der Waals surface area contributed by atoms with Crippen molar-refractivity contribution < 1.29 is 4.39 Å². The van der Waals surface area contributed by atoms with Gasteiger partial charge in [0.05, 0.1) is 0 Å². The molecule has 0 heterocycles. The van der Waals surface area contributed by atoms with Gasteiger partial charge >= 0.3 is 0 Å². The Labute approximate surface area is 65.4 Å². The molecule has 1 aromatic carbocycles. The van der Waals surface area contributed by atoms with Crippen molar-refractivity contribution in [3.8, 4) is 0 Å². The van der Waals surface area contributed by atoms with Gasteiger partial charge in [0.1, 0.15) is 5.82 Å². The third-order valence-electron chi connectivity index (χ3n) is 2.04. The third-order valence-corrected chi connectivity index (χ3v) is 2.04. The number of hydrogen-bond acceptors (Lipinski definition) is 0. The molecule has 1 unspecified atom stereocenters. The summed E-state index contributed by atoms with van der Waals surface area (Å²) in [4.78, 5) is 0. The van der Waals surface area contributed by atoms with Crippen LogP contribution >= 0.6 is 0 Å². The van der Waals surface area contributed by atoms with Gasteiger partial charge in [-0.15, -0.1) is 0 Å². The van der Waals surface area contributed by atoms with Gasteiger partial charge in [-0.05, 0) is 24.6 Å². The molecule has 0 aliphatic heterocycles. The van der Waals surface area contributed by atoms with E-state index >= 15 is 0 Å². The lowest BCUT2D eigenvalue weighted by Gasteiger charge is -1.97. The van der Waals surface area contributed by atoms with Crippen molar-refractivity contribution in [3.63, 3.8) is 0 Å². The van der Waals surface area contributed by atoms with Gasteiger partial charge in [-0.2, -0.15) is 0 Å². The van der Waals surface area contributed by atoms with Gasteiger partial charge in [0.2, 0.25) is 0 Å². The minimum atomic E-state index is -0.160. The van der Waals surface area contributed by atoms with Crippen molar-refractivity contribution in [2.24, 2.45) is 0 Å². The van der Waals surface area contributed by atoms with Gasteiger partial charge in [0.25, 0.3) is 0 Å². The fraction of sp³-hybridized carbons (Fsp3) is 0.200. The van der Waals surface area contributed by atoms with Crippen LogP contribution in [0.15, 0.2) is 35.9 Å². The predicted octanol–water partition coefficient (Wildman–Crippen LogP) is 2.87. The van der Waals surface area contributed by atoms with E-state index in [-0.39, 0.29) is 5.82 Å². The second-order valence-electron chi connectivity index (χ2n) is 2.94. The highest BCUT2D eigenvalue weighted by molar-refractivity contribution is 5.44. The summed E-state index contributed by atoms with van der Waals surface area (Å²) in [5, 5.41) is 0. The first-order valence-electron chi connectivity index (χ1n) is 3.71. The summed E-state index contributed by atoms with van der Waals surface area (Å²) in [7, 11) is 0. The molecule has 1 heteroatoms. The Morgan fingerprint density at radius 2 is 1.73 bits per heavy atom. The lowest BCUT2D eigenvalue weighted by Crippen LogP contribution is -1.81. The molecule has 11 heavy (non-hydrogen) atoms. The third kappa shape index (κ3) is 1.18. The van der Waals surface area contributed by atoms with Gasteiger partial charge in [0.15, 0.2) is 0 Å². The molecule has 0 aromatic heterocycles. The molecule has 0 saturated carbocycles. The predicted molar refractivity (Wildman–Crippen MR) is 42.9 cm³/mol. The zero-order chi connectivity index (χ0) is 7.84. The summed E-state index contributed by atoms with van der Waals surface area (Å²) in [6.45, 7) is 2.09. The Kier molecular flexibility index (Phi) is 1.31. The van der Waals surface area contributed by atoms with Crippen LogP contribution in [0.2, 0.25) is 0 Å². The summed E-state index contributed by atoms with van der Waals surface area (Å²) in [6, 6.07) is 6.70. The van der Waals surface area contributed by atoms with E-state index < -0.39 is 0 Å². The fourth-order valence-corrected chi connectivity index (χ4v) is 1.24. The molecule has 1 aliphatic carbocycles. The van der Waals surface area contributed by atoms with Crippen molar-refractivity contribution in [1.29, 1.82) is 0 Å². The maximum atomic E-state index is 12.5. The molecule has 0 fully saturated rings. The van der Waals surface area contributed by atoms with E-state index in [1.165, 1.54) is 23.3 Å². The molecule has 0 amide bonds. The number of halogens is 1. The fourth-order valence-electron chi connectivity index (χ4n) is 1.24. The van der Waals surface area contributed by atoms with Crippen molar-refractivity contribution in [2.45, 2.75) is 12.8 Å². The Morgan fingerprint density at radius 1 is 1.18 bits per heavy atom. The summed E-state index contributed by atoms with van der Waals surface area (Å²) in [5.41, 5.74) is 2.58. The van der Waals surface area contributed by atoms with Crippen molar-refractivity contribution in [3.05, 3.63) is 47.3 Å². The molecule has 0 spiro atoms. The number of benzene rings is 1. The number of hydrogen-bond donors (Lipinski definition) is 0.